The number of hydrogen-bond acceptors (Lipinski definition) is 2. The lowest BCUT2D eigenvalue weighted by molar-refractivity contribution is 0.600. The molecule has 0 fully saturated rings. The van der Waals surface area contributed by atoms with E-state index >= 15 is 0 Å². The van der Waals surface area contributed by atoms with E-state index in [0.717, 1.165) is 6.42 Å². The van der Waals surface area contributed by atoms with Crippen LogP contribution in [0, 0.1) is 4.91 Å². The molecule has 0 heterocycles. The fourth-order valence-corrected chi connectivity index (χ4v) is 2.07. The molecule has 0 unspecified atom stereocenters. The fraction of sp³-hybridized carbons (Fsp3) is 0.875. The fourth-order valence-electron chi connectivity index (χ4n) is 2.07. The molecule has 0 saturated heterocycles. The topological polar surface area (TPSA) is 29.4 Å². The average Bonchev–Trinajstić information content (AvgIpc) is 2.39. The molecule has 0 rings (SSSR count). The van der Waals surface area contributed by atoms with Crippen molar-refractivity contribution in [2.75, 3.05) is 6.54 Å². The second-order valence-corrected chi connectivity index (χ2v) is 5.08. The minimum Gasteiger partial charge on any atom is -0.151 e. The second-order valence-electron chi connectivity index (χ2n) is 5.08. The van der Waals surface area contributed by atoms with Crippen LogP contribution in [0.25, 0.3) is 0 Å². The number of allylic oxidation sites excluding steroid dienone is 2. The van der Waals surface area contributed by atoms with Crippen LogP contribution in [0.5, 0.6) is 0 Å². The number of nitrogens with zero attached hydrogens (tertiary/aromatic N) is 1. The second kappa shape index (κ2) is 16.3. The van der Waals surface area contributed by atoms with Crippen LogP contribution in [-0.2, 0) is 0 Å². The van der Waals surface area contributed by atoms with Gasteiger partial charge in [0.05, 0.1) is 6.54 Å². The first-order valence-corrected chi connectivity index (χ1v) is 7.86. The Balaban J connectivity index is 3.01. The molecule has 18 heavy (non-hydrogen) atoms. The van der Waals surface area contributed by atoms with Gasteiger partial charge in [-0.1, -0.05) is 69.2 Å². The van der Waals surface area contributed by atoms with Crippen molar-refractivity contribution in [3.05, 3.63) is 17.1 Å². The van der Waals surface area contributed by atoms with Gasteiger partial charge in [0.2, 0.25) is 0 Å². The summed E-state index contributed by atoms with van der Waals surface area (Å²) in [5.41, 5.74) is 0. The molecule has 0 aromatic carbocycles. The van der Waals surface area contributed by atoms with E-state index < -0.39 is 0 Å². The Kier molecular flexibility index (Phi) is 15.7. The molecule has 0 bridgehead atoms. The van der Waals surface area contributed by atoms with Gasteiger partial charge in [-0.25, -0.2) is 0 Å². The Morgan fingerprint density at radius 3 is 1.78 bits per heavy atom. The van der Waals surface area contributed by atoms with Gasteiger partial charge in [-0.05, 0) is 32.1 Å². The van der Waals surface area contributed by atoms with Crippen LogP contribution in [0.3, 0.4) is 0 Å². The smallest absolute Gasteiger partial charge is 0.0811 e. The van der Waals surface area contributed by atoms with Crippen molar-refractivity contribution >= 4 is 0 Å². The molecular weight excluding hydrogens is 222 g/mol. The number of unbranched alkanes of at least 4 members (excludes halogenated alkanes) is 10. The van der Waals surface area contributed by atoms with Crippen molar-refractivity contribution in [1.82, 2.24) is 0 Å². The van der Waals surface area contributed by atoms with Crippen LogP contribution >= 0.6 is 0 Å². The average molecular weight is 253 g/mol. The lowest BCUT2D eigenvalue weighted by Crippen LogP contribution is -1.82. The highest BCUT2D eigenvalue weighted by molar-refractivity contribution is 4.81. The van der Waals surface area contributed by atoms with Gasteiger partial charge in [0.1, 0.15) is 0 Å². The summed E-state index contributed by atoms with van der Waals surface area (Å²) in [6.07, 6.45) is 20.0. The van der Waals surface area contributed by atoms with Crippen molar-refractivity contribution in [3.63, 3.8) is 0 Å². The van der Waals surface area contributed by atoms with Gasteiger partial charge >= 0.3 is 0 Å². The quantitative estimate of drug-likeness (QED) is 0.212. The highest BCUT2D eigenvalue weighted by Crippen LogP contribution is 2.08. The predicted octanol–water partition coefficient (Wildman–Crippen LogP) is 6.01. The van der Waals surface area contributed by atoms with Gasteiger partial charge < -0.3 is 0 Å². The van der Waals surface area contributed by atoms with E-state index in [1.54, 1.807) is 0 Å². The molecule has 0 saturated carbocycles. The van der Waals surface area contributed by atoms with Crippen molar-refractivity contribution in [2.24, 2.45) is 5.18 Å². The van der Waals surface area contributed by atoms with Gasteiger partial charge in [-0.3, -0.25) is 0 Å². The Labute approximate surface area is 113 Å². The molecule has 0 aromatic rings. The normalized spacial score (nSPS) is 11.2. The molecule has 0 aliphatic carbocycles. The van der Waals surface area contributed by atoms with Crippen LogP contribution in [0.4, 0.5) is 0 Å². The summed E-state index contributed by atoms with van der Waals surface area (Å²) in [6, 6.07) is 0. The lowest BCUT2D eigenvalue weighted by Gasteiger charge is -1.98. The molecule has 2 heteroatoms. The van der Waals surface area contributed by atoms with Crippen molar-refractivity contribution < 1.29 is 0 Å². The molecule has 0 aromatic heterocycles. The highest BCUT2D eigenvalue weighted by atomic mass is 16.3. The summed E-state index contributed by atoms with van der Waals surface area (Å²) in [5.74, 6) is 0. The maximum atomic E-state index is 9.87. The molecule has 0 aliphatic rings. The van der Waals surface area contributed by atoms with Gasteiger partial charge in [-0.15, -0.1) is 0 Å². The summed E-state index contributed by atoms with van der Waals surface area (Å²) in [4.78, 5) is 9.87. The van der Waals surface area contributed by atoms with E-state index in [1.807, 2.05) is 0 Å². The van der Waals surface area contributed by atoms with Crippen LogP contribution in [-0.4, -0.2) is 6.54 Å². The maximum absolute atomic E-state index is 9.87. The molecule has 0 atom stereocenters. The molecule has 0 radical (unpaired) electrons. The summed E-state index contributed by atoms with van der Waals surface area (Å²) in [7, 11) is 0. The monoisotopic (exact) mass is 253 g/mol. The first-order chi connectivity index (χ1) is 8.91. The van der Waals surface area contributed by atoms with Crippen molar-refractivity contribution in [1.29, 1.82) is 0 Å². The molecule has 0 aliphatic heterocycles. The minimum absolute atomic E-state index is 0.501. The van der Waals surface area contributed by atoms with Gasteiger partial charge in [0.25, 0.3) is 0 Å². The first-order valence-electron chi connectivity index (χ1n) is 7.86. The van der Waals surface area contributed by atoms with E-state index in [1.165, 1.54) is 70.6 Å². The summed E-state index contributed by atoms with van der Waals surface area (Å²) >= 11 is 0. The van der Waals surface area contributed by atoms with Gasteiger partial charge in [-0.2, -0.15) is 4.91 Å². The van der Waals surface area contributed by atoms with Crippen molar-refractivity contribution in [3.8, 4) is 0 Å². The largest absolute Gasteiger partial charge is 0.151 e. The van der Waals surface area contributed by atoms with E-state index in [2.05, 4.69) is 24.3 Å². The Morgan fingerprint density at radius 2 is 1.22 bits per heavy atom. The summed E-state index contributed by atoms with van der Waals surface area (Å²) in [6.45, 7) is 2.76. The number of hydrogen-bond donors (Lipinski definition) is 0. The third kappa shape index (κ3) is 15.3. The molecular formula is C16H31NO. The van der Waals surface area contributed by atoms with Crippen LogP contribution < -0.4 is 0 Å². The number of rotatable bonds is 14. The van der Waals surface area contributed by atoms with E-state index in [0.29, 0.717) is 6.54 Å². The minimum atomic E-state index is 0.501. The molecule has 0 N–H and O–H groups in total. The van der Waals surface area contributed by atoms with E-state index in [-0.39, 0.29) is 0 Å². The third-order valence-electron chi connectivity index (χ3n) is 3.26. The van der Waals surface area contributed by atoms with Crippen LogP contribution in [0.15, 0.2) is 17.3 Å². The van der Waals surface area contributed by atoms with E-state index in [4.69, 9.17) is 0 Å². The predicted molar refractivity (Wildman–Crippen MR) is 80.9 cm³/mol. The van der Waals surface area contributed by atoms with Gasteiger partial charge in [0.15, 0.2) is 0 Å². The molecule has 0 spiro atoms. The van der Waals surface area contributed by atoms with Crippen LogP contribution in [0.2, 0.25) is 0 Å². The Bertz CT molecular complexity index is 190. The van der Waals surface area contributed by atoms with E-state index in [9.17, 15) is 4.91 Å². The summed E-state index contributed by atoms with van der Waals surface area (Å²) in [5, 5.41) is 2.87. The zero-order valence-electron chi connectivity index (χ0n) is 12.2. The Morgan fingerprint density at radius 1 is 0.722 bits per heavy atom. The number of nitroso groups, excluding NO2 is 1. The Hall–Kier alpha value is -0.660. The maximum Gasteiger partial charge on any atom is 0.0811 e. The molecule has 0 amide bonds. The molecule has 106 valence electrons. The van der Waals surface area contributed by atoms with Crippen molar-refractivity contribution in [2.45, 2.75) is 84.0 Å². The molecule has 2 nitrogen and oxygen atoms in total. The SMILES string of the molecule is CCCCCC/C=C\CCCCCCCCN=O. The zero-order chi connectivity index (χ0) is 13.3. The van der Waals surface area contributed by atoms with Gasteiger partial charge in [0, 0.05) is 0 Å². The van der Waals surface area contributed by atoms with Crippen LogP contribution in [0.1, 0.15) is 84.0 Å². The lowest BCUT2D eigenvalue weighted by atomic mass is 10.1. The first kappa shape index (κ1) is 17.3. The third-order valence-corrected chi connectivity index (χ3v) is 3.26. The zero-order valence-corrected chi connectivity index (χ0v) is 12.2. The summed E-state index contributed by atoms with van der Waals surface area (Å²) < 4.78 is 0. The standard InChI is InChI=1S/C16H31NO/c1-2-3-4-5-6-7-8-9-10-11-12-13-14-15-16-17-18/h7-8H,2-6,9-16H2,1H3/b8-7-. The highest BCUT2D eigenvalue weighted by Gasteiger charge is 1.90.